The lowest BCUT2D eigenvalue weighted by Crippen LogP contribution is -2.51. The molecule has 8 N–H and O–H groups in total. The molecule has 1 unspecified atom stereocenters. The van der Waals surface area contributed by atoms with Crippen LogP contribution in [0.3, 0.4) is 0 Å². The van der Waals surface area contributed by atoms with Crippen molar-refractivity contribution >= 4 is 47.3 Å². The fraction of sp³-hybridized carbons (Fsp3) is 0.450. The van der Waals surface area contributed by atoms with Gasteiger partial charge in [0.25, 0.3) is 0 Å². The first kappa shape index (κ1) is 47.9. The second-order valence-electron chi connectivity index (χ2n) is 14.9. The second kappa shape index (κ2) is 23.1. The van der Waals surface area contributed by atoms with Crippen LogP contribution in [0.1, 0.15) is 58.7 Å². The van der Waals surface area contributed by atoms with E-state index in [-0.39, 0.29) is 23.5 Å². The molecule has 0 saturated heterocycles. The van der Waals surface area contributed by atoms with Crippen molar-refractivity contribution in [3.8, 4) is 11.1 Å². The van der Waals surface area contributed by atoms with Crippen LogP contribution in [0.25, 0.3) is 11.1 Å². The predicted octanol–water partition coefficient (Wildman–Crippen LogP) is 3.56. The van der Waals surface area contributed by atoms with Crippen molar-refractivity contribution in [2.24, 2.45) is 16.6 Å². The van der Waals surface area contributed by atoms with Gasteiger partial charge in [0.15, 0.2) is 0 Å². The number of halogens is 2. The predicted molar refractivity (Wildman–Crippen MR) is 214 cm³/mol. The summed E-state index contributed by atoms with van der Waals surface area (Å²) in [4.78, 5) is 69.3. The summed E-state index contributed by atoms with van der Waals surface area (Å²) < 4.78 is 29.9. The molecule has 3 aromatic rings. The molecule has 0 saturated carbocycles. The molecule has 14 nitrogen and oxygen atoms in total. The fourth-order valence-corrected chi connectivity index (χ4v) is 5.74. The molecule has 0 bridgehead atoms. The normalized spacial score (nSPS) is 11.7. The van der Waals surface area contributed by atoms with Crippen LogP contribution in [0.4, 0.5) is 8.78 Å². The van der Waals surface area contributed by atoms with Crippen molar-refractivity contribution in [3.05, 3.63) is 83.7 Å². The minimum absolute atomic E-state index is 0.0290. The third kappa shape index (κ3) is 17.6. The lowest BCUT2D eigenvalue weighted by Gasteiger charge is -2.19. The highest BCUT2D eigenvalue weighted by Gasteiger charge is 2.36. The minimum Gasteiger partial charge on any atom is -0.480 e. The number of amides is 4. The maximum absolute atomic E-state index is 14.2. The molecule has 57 heavy (non-hydrogen) atoms. The topological polar surface area (TPSA) is 222 Å². The summed E-state index contributed by atoms with van der Waals surface area (Å²) in [7, 11) is 0. The summed E-state index contributed by atoms with van der Waals surface area (Å²) in [5, 5.41) is 27.5. The van der Waals surface area contributed by atoms with E-state index in [1.165, 1.54) is 43.3 Å². The van der Waals surface area contributed by atoms with Gasteiger partial charge in [-0.3, -0.25) is 24.0 Å². The lowest BCUT2D eigenvalue weighted by atomic mass is 9.90. The summed E-state index contributed by atoms with van der Waals surface area (Å²) in [5.74, 6) is -5.51. The highest BCUT2D eigenvalue weighted by molar-refractivity contribution is 7.99. The van der Waals surface area contributed by atoms with Crippen molar-refractivity contribution in [2.75, 3.05) is 37.7 Å². The molecular formula is C40H54F2N6O8S. The zero-order valence-electron chi connectivity index (χ0n) is 33.0. The van der Waals surface area contributed by atoms with E-state index in [1.807, 2.05) is 30.5 Å². The van der Waals surface area contributed by atoms with Gasteiger partial charge in [-0.25, -0.2) is 13.6 Å². The molecule has 1 aromatic heterocycles. The fourth-order valence-electron chi connectivity index (χ4n) is 4.97. The number of carbonyl (C=O) groups excluding carboxylic acids is 4. The minimum atomic E-state index is -1.74. The van der Waals surface area contributed by atoms with Crippen LogP contribution < -0.4 is 27.0 Å². The van der Waals surface area contributed by atoms with E-state index < -0.39 is 65.8 Å². The Bertz CT molecular complexity index is 1830. The van der Waals surface area contributed by atoms with Crippen molar-refractivity contribution in [1.82, 2.24) is 25.8 Å². The molecule has 0 aliphatic rings. The van der Waals surface area contributed by atoms with E-state index in [4.69, 9.17) is 10.8 Å². The number of rotatable bonds is 20. The van der Waals surface area contributed by atoms with Gasteiger partial charge in [0, 0.05) is 54.8 Å². The molecule has 1 atom stereocenters. The lowest BCUT2D eigenvalue weighted by molar-refractivity contribution is -0.154. The van der Waals surface area contributed by atoms with Gasteiger partial charge in [-0.1, -0.05) is 51.1 Å². The molecule has 312 valence electrons. The first-order chi connectivity index (χ1) is 26.7. The quantitative estimate of drug-likeness (QED) is 0.0649. The van der Waals surface area contributed by atoms with Crippen molar-refractivity contribution in [3.63, 3.8) is 0 Å². The number of benzene rings is 2. The van der Waals surface area contributed by atoms with Crippen LogP contribution in [0.2, 0.25) is 0 Å². The van der Waals surface area contributed by atoms with Crippen molar-refractivity contribution < 1.29 is 47.8 Å². The SMILES string of the molecule is CC(C)(C(=O)O)C(=O)NCC(=O)NCC(NC(=O)CCSCC(=O)NCCCN)C(=O)O.CC(C)(C)Cc1cc(-c2cc(F)ccc2F)cn1Cc1ccccc1. The van der Waals surface area contributed by atoms with Crippen LogP contribution in [0.5, 0.6) is 0 Å². The molecule has 0 spiro atoms. The summed E-state index contributed by atoms with van der Waals surface area (Å²) in [6, 6.07) is 14.3. The van der Waals surface area contributed by atoms with Crippen LogP contribution in [0, 0.1) is 22.5 Å². The monoisotopic (exact) mass is 816 g/mol. The zero-order valence-corrected chi connectivity index (χ0v) is 33.8. The molecule has 0 radical (unpaired) electrons. The number of aliphatic carboxylic acids is 2. The van der Waals surface area contributed by atoms with E-state index in [0.717, 1.165) is 18.2 Å². The van der Waals surface area contributed by atoms with Gasteiger partial charge in [-0.2, -0.15) is 11.8 Å². The Hall–Kier alpha value is -5.29. The Morgan fingerprint density at radius 1 is 0.877 bits per heavy atom. The highest BCUT2D eigenvalue weighted by Crippen LogP contribution is 2.30. The largest absolute Gasteiger partial charge is 0.480 e. The number of hydrogen-bond acceptors (Lipinski definition) is 8. The van der Waals surface area contributed by atoms with Crippen molar-refractivity contribution in [1.29, 1.82) is 0 Å². The molecule has 0 aliphatic heterocycles. The number of aromatic nitrogens is 1. The molecule has 3 rings (SSSR count). The van der Waals surface area contributed by atoms with Crippen LogP contribution in [-0.2, 0) is 41.7 Å². The molecular weight excluding hydrogens is 763 g/mol. The number of carbonyl (C=O) groups is 6. The molecule has 0 aliphatic carbocycles. The van der Waals surface area contributed by atoms with Crippen LogP contribution in [-0.4, -0.2) is 94.1 Å². The number of nitrogens with zero attached hydrogens (tertiary/aromatic N) is 1. The summed E-state index contributed by atoms with van der Waals surface area (Å²) in [5.41, 5.74) is 7.01. The average molecular weight is 817 g/mol. The molecule has 0 fully saturated rings. The standard InChI is InChI=1S/C22H23F2N.C18H31N5O8S/c1-22(2,3)13-19-11-17(20-12-18(23)9-10-21(20)24)15-25(19)14-16-7-5-4-6-8-16;1-18(2,17(30)31)16(29)22-9-13(25)21-8-11(15(27)28)23-12(24)4-7-32-10-14(26)20-6-3-5-19/h4-12,15H,13-14H2,1-3H3;11H,3-10,19H2,1-2H3,(H,20,26)(H,21,25)(H,22,29)(H,23,24)(H,27,28)(H,30,31). The third-order valence-corrected chi connectivity index (χ3v) is 9.15. The summed E-state index contributed by atoms with van der Waals surface area (Å²) in [6.07, 6.45) is 3.42. The Morgan fingerprint density at radius 2 is 1.56 bits per heavy atom. The number of carboxylic acid groups (broad SMARTS) is 2. The van der Waals surface area contributed by atoms with E-state index in [1.54, 1.807) is 0 Å². The number of nitrogens with two attached hydrogens (primary N) is 1. The van der Waals surface area contributed by atoms with Crippen LogP contribution in [0.15, 0.2) is 60.8 Å². The zero-order chi connectivity index (χ0) is 42.8. The van der Waals surface area contributed by atoms with Gasteiger partial charge < -0.3 is 41.8 Å². The van der Waals surface area contributed by atoms with E-state index in [2.05, 4.69) is 58.7 Å². The Morgan fingerprint density at radius 3 is 2.18 bits per heavy atom. The van der Waals surface area contributed by atoms with Crippen molar-refractivity contribution in [2.45, 2.75) is 66.5 Å². The second-order valence-corrected chi connectivity index (χ2v) is 16.0. The molecule has 4 amide bonds. The Labute approximate surface area is 335 Å². The van der Waals surface area contributed by atoms with Gasteiger partial charge in [0.2, 0.25) is 23.6 Å². The van der Waals surface area contributed by atoms with Gasteiger partial charge in [-0.15, -0.1) is 0 Å². The number of nitrogens with one attached hydrogen (secondary N) is 4. The number of hydrogen-bond donors (Lipinski definition) is 7. The summed E-state index contributed by atoms with van der Waals surface area (Å²) in [6.45, 7) is 9.54. The Kier molecular flexibility index (Phi) is 19.4. The van der Waals surface area contributed by atoms with E-state index >= 15 is 0 Å². The first-order valence-corrected chi connectivity index (χ1v) is 19.4. The van der Waals surface area contributed by atoms with E-state index in [9.17, 15) is 42.7 Å². The third-order valence-electron chi connectivity index (χ3n) is 8.19. The Balaban J connectivity index is 0.000000403. The van der Waals surface area contributed by atoms with Gasteiger partial charge in [-0.05, 0) is 68.5 Å². The number of carboxylic acids is 2. The maximum Gasteiger partial charge on any atom is 0.328 e. The van der Waals surface area contributed by atoms with Crippen LogP contribution >= 0.6 is 11.8 Å². The number of thioether (sulfide) groups is 1. The maximum atomic E-state index is 14.2. The molecule has 17 heteroatoms. The molecule has 2 aromatic carbocycles. The highest BCUT2D eigenvalue weighted by atomic mass is 32.2. The smallest absolute Gasteiger partial charge is 0.328 e. The van der Waals surface area contributed by atoms with Gasteiger partial charge in [0.05, 0.1) is 12.3 Å². The molecule has 1 heterocycles. The van der Waals surface area contributed by atoms with Gasteiger partial charge in [0.1, 0.15) is 23.1 Å². The van der Waals surface area contributed by atoms with E-state index in [0.29, 0.717) is 42.9 Å². The summed E-state index contributed by atoms with van der Waals surface area (Å²) >= 11 is 1.21. The first-order valence-electron chi connectivity index (χ1n) is 18.3. The van der Waals surface area contributed by atoms with Gasteiger partial charge >= 0.3 is 11.9 Å². The average Bonchev–Trinajstić information content (AvgIpc) is 3.52.